The molecule has 0 spiro atoms. The predicted octanol–water partition coefficient (Wildman–Crippen LogP) is 5.34. The lowest BCUT2D eigenvalue weighted by molar-refractivity contribution is 0.327. The molecule has 1 N–H and O–H groups in total. The van der Waals surface area contributed by atoms with E-state index < -0.39 is 21.6 Å². The number of hydrogen-bond acceptors (Lipinski definition) is 9. The Morgan fingerprint density at radius 2 is 1.69 bits per heavy atom. The Hall–Kier alpha value is -4.49. The van der Waals surface area contributed by atoms with Gasteiger partial charge in [-0.05, 0) is 49.2 Å². The molecule has 0 unspecified atom stereocenters. The molecular formula is C28H26ClFN6O5S. The fourth-order valence-corrected chi connectivity index (χ4v) is 5.62. The highest BCUT2D eigenvalue weighted by Gasteiger charge is 2.26. The van der Waals surface area contributed by atoms with Crippen LogP contribution < -0.4 is 18.9 Å². The first-order chi connectivity index (χ1) is 20.1. The van der Waals surface area contributed by atoms with Crippen molar-refractivity contribution in [1.29, 1.82) is 0 Å². The molecule has 14 heteroatoms. The first kappa shape index (κ1) is 29.0. The number of nitrogens with one attached hydrogen (secondary N) is 1. The number of pyridine rings is 1. The standard InChI is InChI=1S/C28H26ClFN6O5S/c1-5-41-22-11-6-8-19(31-22)27-34-26-28(36(27)23-20(39-3)9-7-10-21(23)40-4)33-25(24(29)32-26)35-42(37,38)15-17-13-12-16(2)18(30)14-17/h6-14H,5,15H2,1-4H3,(H,33,35). The van der Waals surface area contributed by atoms with Gasteiger partial charge >= 0.3 is 0 Å². The summed E-state index contributed by atoms with van der Waals surface area (Å²) >= 11 is 6.40. The second kappa shape index (κ2) is 11.8. The van der Waals surface area contributed by atoms with E-state index in [4.69, 9.17) is 25.8 Å². The van der Waals surface area contributed by atoms with Crippen LogP contribution in [0.1, 0.15) is 18.1 Å². The minimum Gasteiger partial charge on any atom is -0.494 e. The van der Waals surface area contributed by atoms with Gasteiger partial charge in [0.25, 0.3) is 0 Å². The highest BCUT2D eigenvalue weighted by atomic mass is 35.5. The number of aryl methyl sites for hydroxylation is 1. The van der Waals surface area contributed by atoms with E-state index in [1.807, 2.05) is 6.92 Å². The maximum absolute atomic E-state index is 14.1. The van der Waals surface area contributed by atoms with E-state index in [0.717, 1.165) is 0 Å². The van der Waals surface area contributed by atoms with Crippen molar-refractivity contribution < 1.29 is 27.0 Å². The number of rotatable bonds is 10. The average Bonchev–Trinajstić information content (AvgIpc) is 3.32. The lowest BCUT2D eigenvalue weighted by atomic mass is 10.2. The van der Waals surface area contributed by atoms with Crippen molar-refractivity contribution in [3.05, 3.63) is 76.7 Å². The van der Waals surface area contributed by atoms with Crippen molar-refractivity contribution >= 4 is 38.7 Å². The lowest BCUT2D eigenvalue weighted by Crippen LogP contribution is -2.17. The van der Waals surface area contributed by atoms with Crippen molar-refractivity contribution in [2.45, 2.75) is 19.6 Å². The Morgan fingerprint density at radius 3 is 2.36 bits per heavy atom. The minimum atomic E-state index is -4.08. The maximum atomic E-state index is 14.1. The third kappa shape index (κ3) is 5.78. The van der Waals surface area contributed by atoms with Crippen LogP contribution in [-0.2, 0) is 15.8 Å². The molecule has 0 fully saturated rings. The van der Waals surface area contributed by atoms with Gasteiger partial charge in [-0.1, -0.05) is 35.9 Å². The van der Waals surface area contributed by atoms with Gasteiger partial charge in [-0.25, -0.2) is 32.7 Å². The number of para-hydroxylation sites is 1. The number of benzene rings is 2. The van der Waals surface area contributed by atoms with Gasteiger partial charge < -0.3 is 14.2 Å². The highest BCUT2D eigenvalue weighted by molar-refractivity contribution is 7.91. The van der Waals surface area contributed by atoms with Crippen molar-refractivity contribution in [2.75, 3.05) is 25.5 Å². The number of ether oxygens (including phenoxy) is 3. The first-order valence-corrected chi connectivity index (χ1v) is 14.7. The number of nitrogens with zero attached hydrogens (tertiary/aromatic N) is 5. The van der Waals surface area contributed by atoms with Gasteiger partial charge in [0.2, 0.25) is 15.9 Å². The van der Waals surface area contributed by atoms with Crippen molar-refractivity contribution in [1.82, 2.24) is 24.5 Å². The summed E-state index contributed by atoms with van der Waals surface area (Å²) in [5, 5.41) is -0.236. The molecule has 42 heavy (non-hydrogen) atoms. The molecule has 0 aliphatic carbocycles. The number of hydrogen-bond donors (Lipinski definition) is 1. The van der Waals surface area contributed by atoms with E-state index in [1.54, 1.807) is 47.9 Å². The molecule has 0 atom stereocenters. The Balaban J connectivity index is 1.69. The van der Waals surface area contributed by atoms with Gasteiger partial charge in [0.1, 0.15) is 28.7 Å². The Bertz CT molecular complexity index is 1880. The second-order valence-electron chi connectivity index (χ2n) is 9.03. The number of sulfonamides is 1. The summed E-state index contributed by atoms with van der Waals surface area (Å²) in [5.74, 6) is 0.230. The van der Waals surface area contributed by atoms with Crippen LogP contribution in [0.4, 0.5) is 10.2 Å². The molecule has 5 aromatic rings. The van der Waals surface area contributed by atoms with Crippen molar-refractivity contribution in [3.8, 4) is 34.6 Å². The largest absolute Gasteiger partial charge is 0.494 e. The molecule has 0 aliphatic heterocycles. The molecule has 0 amide bonds. The van der Waals surface area contributed by atoms with E-state index >= 15 is 0 Å². The quantitative estimate of drug-likeness (QED) is 0.222. The van der Waals surface area contributed by atoms with Crippen LogP contribution in [0.5, 0.6) is 17.4 Å². The van der Waals surface area contributed by atoms with Gasteiger partial charge in [0, 0.05) is 6.07 Å². The number of fused-ring (bicyclic) bond motifs is 1. The van der Waals surface area contributed by atoms with Gasteiger partial charge in [-0.2, -0.15) is 0 Å². The summed E-state index contributed by atoms with van der Waals surface area (Å²) in [4.78, 5) is 18.1. The summed E-state index contributed by atoms with van der Waals surface area (Å²) in [6.07, 6.45) is 0. The van der Waals surface area contributed by atoms with E-state index in [2.05, 4.69) is 24.7 Å². The molecule has 0 radical (unpaired) electrons. The van der Waals surface area contributed by atoms with Crippen LogP contribution in [0.15, 0.2) is 54.6 Å². The molecule has 0 aliphatic rings. The van der Waals surface area contributed by atoms with Crippen molar-refractivity contribution in [2.24, 2.45) is 0 Å². The third-order valence-corrected chi connectivity index (χ3v) is 7.65. The summed E-state index contributed by atoms with van der Waals surface area (Å²) in [7, 11) is -1.08. The summed E-state index contributed by atoms with van der Waals surface area (Å²) < 4.78 is 61.1. The average molecular weight is 613 g/mol. The summed E-state index contributed by atoms with van der Waals surface area (Å²) in [6.45, 7) is 3.84. The number of halogens is 2. The van der Waals surface area contributed by atoms with Crippen LogP contribution in [0.25, 0.3) is 28.5 Å². The van der Waals surface area contributed by atoms with E-state index in [9.17, 15) is 12.8 Å². The van der Waals surface area contributed by atoms with Crippen LogP contribution in [0, 0.1) is 12.7 Å². The van der Waals surface area contributed by atoms with Gasteiger partial charge in [-0.3, -0.25) is 9.29 Å². The van der Waals surface area contributed by atoms with E-state index in [1.165, 1.54) is 32.4 Å². The van der Waals surface area contributed by atoms with Gasteiger partial charge in [0.15, 0.2) is 28.1 Å². The minimum absolute atomic E-state index is 0.107. The monoisotopic (exact) mass is 612 g/mol. The number of methoxy groups -OCH3 is 2. The fourth-order valence-electron chi connectivity index (χ4n) is 4.27. The molecule has 11 nitrogen and oxygen atoms in total. The van der Waals surface area contributed by atoms with Crippen LogP contribution in [0.2, 0.25) is 5.15 Å². The smallest absolute Gasteiger partial charge is 0.238 e. The van der Waals surface area contributed by atoms with Crippen LogP contribution >= 0.6 is 11.6 Å². The number of aromatic nitrogens is 5. The first-order valence-electron chi connectivity index (χ1n) is 12.7. The molecular weight excluding hydrogens is 587 g/mol. The maximum Gasteiger partial charge on any atom is 0.238 e. The second-order valence-corrected chi connectivity index (χ2v) is 11.1. The zero-order chi connectivity index (χ0) is 30.0. The molecule has 0 saturated carbocycles. The molecule has 2 aromatic carbocycles. The summed E-state index contributed by atoms with van der Waals surface area (Å²) in [6, 6.07) is 14.6. The SMILES string of the molecule is CCOc1cccc(-c2nc3nc(Cl)c(NS(=O)(=O)Cc4ccc(C)c(F)c4)nc3n2-c2c(OC)cccc2OC)n1. The predicted molar refractivity (Wildman–Crippen MR) is 157 cm³/mol. The summed E-state index contributed by atoms with van der Waals surface area (Å²) in [5.41, 5.74) is 1.73. The lowest BCUT2D eigenvalue weighted by Gasteiger charge is -2.16. The third-order valence-electron chi connectivity index (χ3n) is 6.17. The van der Waals surface area contributed by atoms with E-state index in [0.29, 0.717) is 46.8 Å². The van der Waals surface area contributed by atoms with Gasteiger partial charge in [0.05, 0.1) is 26.6 Å². The highest BCUT2D eigenvalue weighted by Crippen LogP contribution is 2.38. The normalized spacial score (nSPS) is 11.5. The van der Waals surface area contributed by atoms with Gasteiger partial charge in [-0.15, -0.1) is 0 Å². The topological polar surface area (TPSA) is 130 Å². The zero-order valence-electron chi connectivity index (χ0n) is 23.1. The molecule has 0 bridgehead atoms. The van der Waals surface area contributed by atoms with Crippen LogP contribution in [0.3, 0.4) is 0 Å². The molecule has 5 rings (SSSR count). The Morgan fingerprint density at radius 1 is 0.976 bits per heavy atom. The number of imidazole rings is 1. The zero-order valence-corrected chi connectivity index (χ0v) is 24.6. The molecule has 218 valence electrons. The number of anilines is 1. The fraction of sp³-hybridized carbons (Fsp3) is 0.214. The molecule has 3 aromatic heterocycles. The van der Waals surface area contributed by atoms with Crippen molar-refractivity contribution in [3.63, 3.8) is 0 Å². The molecule has 3 heterocycles. The van der Waals surface area contributed by atoms with E-state index in [-0.39, 0.29) is 27.8 Å². The Kier molecular flexibility index (Phi) is 8.14. The molecule has 0 saturated heterocycles. The van der Waals surface area contributed by atoms with Crippen LogP contribution in [-0.4, -0.2) is 53.7 Å². The Labute approximate surface area is 246 Å².